The number of hydrogen-bond acceptors (Lipinski definition) is 4. The highest BCUT2D eigenvalue weighted by atomic mass is 79.9. The van der Waals surface area contributed by atoms with E-state index in [1.807, 2.05) is 0 Å². The van der Waals surface area contributed by atoms with Gasteiger partial charge in [-0.3, -0.25) is 9.59 Å². The molecule has 2 heterocycles. The Morgan fingerprint density at radius 3 is 1.00 bits per heavy atom. The molecule has 2 aliphatic rings. The summed E-state index contributed by atoms with van der Waals surface area (Å²) in [5, 5.41) is 0. The van der Waals surface area contributed by atoms with Crippen LogP contribution in [0.1, 0.15) is 27.7 Å². The zero-order valence-electron chi connectivity index (χ0n) is 11.9. The molecule has 0 atom stereocenters. The molecule has 2 saturated heterocycles. The Labute approximate surface area is 154 Å². The minimum absolute atomic E-state index is 0.363. The standard InChI is InChI=1S/2C5H6BrClN2O2/c2*1-5(2)3(10)8(6)4(11)9(5)7/h2*1-2H3. The first-order chi connectivity index (χ1) is 9.77. The minimum Gasteiger partial charge on any atom is -0.271 e. The Kier molecular flexibility index (Phi) is 5.43. The van der Waals surface area contributed by atoms with Crippen molar-refractivity contribution in [2.75, 3.05) is 0 Å². The topological polar surface area (TPSA) is 81.2 Å². The van der Waals surface area contributed by atoms with E-state index in [1.54, 1.807) is 27.7 Å². The molecule has 0 spiro atoms. The van der Waals surface area contributed by atoms with Crippen LogP contribution in [0.2, 0.25) is 0 Å². The van der Waals surface area contributed by atoms with Gasteiger partial charge in [0.1, 0.15) is 11.1 Å². The van der Waals surface area contributed by atoms with Gasteiger partial charge in [0.25, 0.3) is 11.8 Å². The van der Waals surface area contributed by atoms with Crippen molar-refractivity contribution < 1.29 is 19.2 Å². The molecule has 0 radical (unpaired) electrons. The summed E-state index contributed by atoms with van der Waals surface area (Å²) in [4.78, 5) is 44.3. The lowest BCUT2D eigenvalue weighted by Crippen LogP contribution is -2.38. The van der Waals surface area contributed by atoms with Gasteiger partial charge in [-0.05, 0) is 27.7 Å². The maximum atomic E-state index is 11.2. The third kappa shape index (κ3) is 2.93. The lowest BCUT2D eigenvalue weighted by atomic mass is 10.1. The predicted molar refractivity (Wildman–Crippen MR) is 85.9 cm³/mol. The molecule has 2 aliphatic heterocycles. The average molecular weight is 483 g/mol. The van der Waals surface area contributed by atoms with Crippen molar-refractivity contribution in [2.45, 2.75) is 38.8 Å². The molecule has 0 saturated carbocycles. The normalized spacial score (nSPS) is 23.3. The number of nitrogens with zero attached hydrogens (tertiary/aromatic N) is 4. The lowest BCUT2D eigenvalue weighted by Gasteiger charge is -2.18. The summed E-state index contributed by atoms with van der Waals surface area (Å²) in [6, 6.07) is -1.11. The second-order valence-electron chi connectivity index (χ2n) is 5.42. The Morgan fingerprint density at radius 2 is 0.955 bits per heavy atom. The molecule has 0 N–H and O–H groups in total. The van der Waals surface area contributed by atoms with E-state index in [2.05, 4.69) is 32.3 Å². The molecule has 8 nitrogen and oxygen atoms in total. The fourth-order valence-electron chi connectivity index (χ4n) is 1.45. The average Bonchev–Trinajstić information content (AvgIpc) is 2.67. The largest absolute Gasteiger partial charge is 0.352 e. The molecule has 0 aliphatic carbocycles. The summed E-state index contributed by atoms with van der Waals surface area (Å²) in [7, 11) is 0. The third-order valence-corrected chi connectivity index (χ3v) is 5.44. The molecule has 2 fully saturated rings. The SMILES string of the molecule is CC1(C)C(=O)N(Br)C(=O)N1Cl.CC1(C)C(=O)N(Br)C(=O)N1Cl. The highest BCUT2D eigenvalue weighted by Crippen LogP contribution is 2.31. The Morgan fingerprint density at radius 1 is 0.727 bits per heavy atom. The Bertz CT molecular complexity index is 509. The van der Waals surface area contributed by atoms with E-state index in [9.17, 15) is 19.2 Å². The highest BCUT2D eigenvalue weighted by molar-refractivity contribution is 9.08. The fourth-order valence-corrected chi connectivity index (χ4v) is 3.12. The minimum atomic E-state index is -0.956. The molecule has 22 heavy (non-hydrogen) atoms. The summed E-state index contributed by atoms with van der Waals surface area (Å²) in [6.45, 7) is 6.28. The quantitative estimate of drug-likeness (QED) is 0.392. The number of amides is 6. The van der Waals surface area contributed by atoms with E-state index in [0.29, 0.717) is 0 Å². The molecule has 6 amide bonds. The van der Waals surface area contributed by atoms with Crippen LogP contribution in [-0.4, -0.2) is 51.6 Å². The van der Waals surface area contributed by atoms with Crippen LogP contribution in [-0.2, 0) is 9.59 Å². The highest BCUT2D eigenvalue weighted by Gasteiger charge is 2.51. The second kappa shape index (κ2) is 6.14. The van der Waals surface area contributed by atoms with Crippen LogP contribution in [0.4, 0.5) is 9.59 Å². The molecule has 0 bridgehead atoms. The van der Waals surface area contributed by atoms with Crippen molar-refractivity contribution in [1.82, 2.24) is 16.7 Å². The van der Waals surface area contributed by atoms with E-state index in [4.69, 9.17) is 23.6 Å². The van der Waals surface area contributed by atoms with Gasteiger partial charge in [0.2, 0.25) is 0 Å². The van der Waals surface area contributed by atoms with Gasteiger partial charge in [-0.15, -0.1) is 0 Å². The van der Waals surface area contributed by atoms with E-state index < -0.39 is 23.1 Å². The summed E-state index contributed by atoms with van der Waals surface area (Å²) >= 11 is 16.7. The zero-order chi connectivity index (χ0) is 17.6. The van der Waals surface area contributed by atoms with Gasteiger partial charge in [-0.25, -0.2) is 18.4 Å². The molecule has 124 valence electrons. The zero-order valence-corrected chi connectivity index (χ0v) is 16.6. The Balaban J connectivity index is 0.000000220. The number of rotatable bonds is 0. The number of carbonyl (C=O) groups excluding carboxylic acids is 4. The van der Waals surface area contributed by atoms with Gasteiger partial charge in [0, 0.05) is 23.6 Å². The molecular formula is C10H12Br2Cl2N4O4. The van der Waals surface area contributed by atoms with Crippen molar-refractivity contribution in [3.8, 4) is 0 Å². The molecule has 0 aromatic heterocycles. The summed E-state index contributed by atoms with van der Waals surface area (Å²) in [5.41, 5.74) is -1.91. The number of imide groups is 2. The lowest BCUT2D eigenvalue weighted by molar-refractivity contribution is -0.128. The number of hydrogen-bond donors (Lipinski definition) is 0. The van der Waals surface area contributed by atoms with Crippen molar-refractivity contribution in [3.63, 3.8) is 0 Å². The van der Waals surface area contributed by atoms with E-state index in [0.717, 1.165) is 16.7 Å². The smallest absolute Gasteiger partial charge is 0.271 e. The molecule has 12 heteroatoms. The molecule has 0 unspecified atom stereocenters. The van der Waals surface area contributed by atoms with Gasteiger partial charge in [0.15, 0.2) is 0 Å². The van der Waals surface area contributed by atoms with E-state index in [-0.39, 0.29) is 11.8 Å². The molecular weight excluding hydrogens is 471 g/mol. The van der Waals surface area contributed by atoms with Gasteiger partial charge in [-0.2, -0.15) is 7.85 Å². The molecule has 0 aromatic rings. The molecule has 2 rings (SSSR count). The van der Waals surface area contributed by atoms with Crippen LogP contribution in [0.25, 0.3) is 0 Å². The summed E-state index contributed by atoms with van der Waals surface area (Å²) in [6.07, 6.45) is 0. The van der Waals surface area contributed by atoms with Crippen molar-refractivity contribution in [2.24, 2.45) is 0 Å². The first-order valence-corrected chi connectivity index (χ1v) is 7.88. The van der Waals surface area contributed by atoms with Crippen molar-refractivity contribution in [1.29, 1.82) is 0 Å². The maximum absolute atomic E-state index is 11.2. The van der Waals surface area contributed by atoms with Gasteiger partial charge < -0.3 is 0 Å². The Hall–Kier alpha value is -0.580. The maximum Gasteiger partial charge on any atom is 0.352 e. The van der Waals surface area contributed by atoms with Crippen molar-refractivity contribution >= 4 is 79.7 Å². The predicted octanol–water partition coefficient (Wildman–Crippen LogP) is 2.99. The first-order valence-electron chi connectivity index (χ1n) is 5.78. The second-order valence-corrected chi connectivity index (χ2v) is 7.51. The number of carbonyl (C=O) groups is 4. The summed E-state index contributed by atoms with van der Waals surface area (Å²) in [5.74, 6) is -0.727. The van der Waals surface area contributed by atoms with Crippen molar-refractivity contribution in [3.05, 3.63) is 0 Å². The third-order valence-electron chi connectivity index (χ3n) is 3.06. The first kappa shape index (κ1) is 19.5. The van der Waals surface area contributed by atoms with Crippen LogP contribution < -0.4 is 0 Å². The van der Waals surface area contributed by atoms with Gasteiger partial charge in [0.05, 0.1) is 32.3 Å². The number of halogens is 4. The van der Waals surface area contributed by atoms with E-state index >= 15 is 0 Å². The molecule has 0 aromatic carbocycles. The van der Waals surface area contributed by atoms with Crippen LogP contribution in [0, 0.1) is 0 Å². The monoisotopic (exact) mass is 480 g/mol. The van der Waals surface area contributed by atoms with Crippen LogP contribution in [0.5, 0.6) is 0 Å². The van der Waals surface area contributed by atoms with Crippen LogP contribution in [0.15, 0.2) is 0 Å². The fraction of sp³-hybridized carbons (Fsp3) is 0.600. The van der Waals surface area contributed by atoms with Gasteiger partial charge in [-0.1, -0.05) is 0 Å². The van der Waals surface area contributed by atoms with Crippen LogP contribution >= 0.6 is 55.8 Å². The van der Waals surface area contributed by atoms with Gasteiger partial charge >= 0.3 is 12.1 Å². The van der Waals surface area contributed by atoms with Crippen LogP contribution in [0.3, 0.4) is 0 Å². The van der Waals surface area contributed by atoms with E-state index in [1.165, 1.54) is 0 Å². The number of urea groups is 2. The summed E-state index contributed by atoms with van der Waals surface area (Å²) < 4.78 is 3.37.